The molecule has 3 N–H and O–H groups in total. The van der Waals surface area contributed by atoms with Crippen molar-refractivity contribution >= 4 is 29.9 Å². The van der Waals surface area contributed by atoms with Gasteiger partial charge in [-0.2, -0.15) is 0 Å². The number of anilines is 1. The van der Waals surface area contributed by atoms with E-state index in [2.05, 4.69) is 5.32 Å². The Hall–Kier alpha value is -1.59. The lowest BCUT2D eigenvalue weighted by Gasteiger charge is -2.25. The molecule has 1 aromatic carbocycles. The molecule has 2 fully saturated rings. The van der Waals surface area contributed by atoms with E-state index in [1.165, 1.54) is 0 Å². The van der Waals surface area contributed by atoms with E-state index in [1.807, 2.05) is 29.2 Å². The normalized spacial score (nSPS) is 22.6. The molecule has 0 heterocycles. The van der Waals surface area contributed by atoms with Crippen molar-refractivity contribution in [2.75, 3.05) is 5.32 Å². The van der Waals surface area contributed by atoms with Crippen LogP contribution in [0.25, 0.3) is 0 Å². The van der Waals surface area contributed by atoms with Crippen LogP contribution in [0.15, 0.2) is 24.3 Å². The van der Waals surface area contributed by atoms with E-state index >= 15 is 0 Å². The summed E-state index contributed by atoms with van der Waals surface area (Å²) in [6.45, 7) is 2.27. The lowest BCUT2D eigenvalue weighted by molar-refractivity contribution is -0.130. The molecular formula is C19H28ClN3O2. The van der Waals surface area contributed by atoms with Crippen molar-refractivity contribution in [2.24, 2.45) is 11.7 Å². The third-order valence-corrected chi connectivity index (χ3v) is 5.05. The molecule has 0 aliphatic heterocycles. The molecule has 5 nitrogen and oxygen atoms in total. The minimum absolute atomic E-state index is 0. The Labute approximate surface area is 155 Å². The predicted octanol–water partition coefficient (Wildman–Crippen LogP) is 3.08. The fraction of sp³-hybridized carbons (Fsp3) is 0.579. The minimum Gasteiger partial charge on any atom is -0.336 e. The summed E-state index contributed by atoms with van der Waals surface area (Å²) in [6.07, 6.45) is 5.96. The lowest BCUT2D eigenvalue weighted by Crippen LogP contribution is -2.34. The van der Waals surface area contributed by atoms with Crippen LogP contribution >= 0.6 is 12.4 Å². The highest BCUT2D eigenvalue weighted by Gasteiger charge is 2.30. The molecule has 0 aromatic heterocycles. The maximum absolute atomic E-state index is 12.3. The van der Waals surface area contributed by atoms with Crippen LogP contribution in [-0.4, -0.2) is 28.8 Å². The van der Waals surface area contributed by atoms with Crippen LogP contribution in [0.4, 0.5) is 5.69 Å². The molecule has 0 saturated heterocycles. The van der Waals surface area contributed by atoms with Crippen molar-refractivity contribution in [3.05, 3.63) is 29.8 Å². The monoisotopic (exact) mass is 365 g/mol. The molecule has 2 aliphatic rings. The molecule has 0 radical (unpaired) electrons. The zero-order valence-electron chi connectivity index (χ0n) is 14.7. The first kappa shape index (κ1) is 19.7. The van der Waals surface area contributed by atoms with Gasteiger partial charge in [0.05, 0.1) is 0 Å². The molecule has 138 valence electrons. The van der Waals surface area contributed by atoms with Gasteiger partial charge in [0.15, 0.2) is 0 Å². The number of nitrogens with two attached hydrogens (primary N) is 1. The van der Waals surface area contributed by atoms with E-state index in [0.29, 0.717) is 12.6 Å². The number of hydrogen-bond donors (Lipinski definition) is 2. The van der Waals surface area contributed by atoms with Gasteiger partial charge in [-0.25, -0.2) is 0 Å². The number of halogens is 1. The third kappa shape index (κ3) is 5.44. The van der Waals surface area contributed by atoms with Gasteiger partial charge in [0, 0.05) is 37.2 Å². The van der Waals surface area contributed by atoms with Gasteiger partial charge in [-0.15, -0.1) is 12.4 Å². The fourth-order valence-electron chi connectivity index (χ4n) is 3.48. The molecule has 0 spiro atoms. The second-order valence-corrected chi connectivity index (χ2v) is 7.19. The van der Waals surface area contributed by atoms with E-state index in [0.717, 1.165) is 49.8 Å². The topological polar surface area (TPSA) is 75.4 Å². The number of carbonyl (C=O) groups is 2. The standard InChI is InChI=1S/C19H27N3O2.ClH/c1-13(23)22(18-9-10-18)12-14-5-7-17(8-6-14)21-19(24)15-3-2-4-16(20)11-15;/h5-8,15-16,18H,2-4,9-12,20H2,1H3,(H,21,24);1H. The fourth-order valence-corrected chi connectivity index (χ4v) is 3.48. The highest BCUT2D eigenvalue weighted by molar-refractivity contribution is 5.92. The van der Waals surface area contributed by atoms with Crippen molar-refractivity contribution in [3.8, 4) is 0 Å². The number of rotatable bonds is 5. The number of nitrogens with one attached hydrogen (secondary N) is 1. The van der Waals surface area contributed by atoms with Gasteiger partial charge in [-0.1, -0.05) is 18.6 Å². The second-order valence-electron chi connectivity index (χ2n) is 7.19. The van der Waals surface area contributed by atoms with Crippen LogP contribution < -0.4 is 11.1 Å². The SMILES string of the molecule is CC(=O)N(Cc1ccc(NC(=O)C2CCCC(N)C2)cc1)C1CC1.Cl. The highest BCUT2D eigenvalue weighted by atomic mass is 35.5. The second kappa shape index (κ2) is 8.68. The zero-order chi connectivity index (χ0) is 17.1. The molecule has 6 heteroatoms. The van der Waals surface area contributed by atoms with Gasteiger partial charge in [-0.05, 0) is 49.8 Å². The quantitative estimate of drug-likeness (QED) is 0.841. The van der Waals surface area contributed by atoms with Gasteiger partial charge in [0.1, 0.15) is 0 Å². The summed E-state index contributed by atoms with van der Waals surface area (Å²) in [6, 6.07) is 8.37. The smallest absolute Gasteiger partial charge is 0.227 e. The molecule has 2 saturated carbocycles. The molecule has 1 aromatic rings. The summed E-state index contributed by atoms with van der Waals surface area (Å²) in [5.74, 6) is 0.223. The molecule has 0 bridgehead atoms. The summed E-state index contributed by atoms with van der Waals surface area (Å²) in [7, 11) is 0. The van der Waals surface area contributed by atoms with Crippen molar-refractivity contribution < 1.29 is 9.59 Å². The largest absolute Gasteiger partial charge is 0.336 e. The van der Waals surface area contributed by atoms with Crippen molar-refractivity contribution in [2.45, 2.75) is 64.1 Å². The molecule has 2 aliphatic carbocycles. The van der Waals surface area contributed by atoms with Crippen molar-refractivity contribution in [1.82, 2.24) is 4.90 Å². The van der Waals surface area contributed by atoms with E-state index in [4.69, 9.17) is 5.73 Å². The maximum Gasteiger partial charge on any atom is 0.227 e. The Balaban J connectivity index is 0.00000225. The molecule has 25 heavy (non-hydrogen) atoms. The molecule has 2 amide bonds. The lowest BCUT2D eigenvalue weighted by atomic mass is 9.85. The number of amides is 2. The van der Waals surface area contributed by atoms with Gasteiger partial charge >= 0.3 is 0 Å². The number of nitrogens with zero attached hydrogens (tertiary/aromatic N) is 1. The summed E-state index contributed by atoms with van der Waals surface area (Å²) < 4.78 is 0. The Bertz CT molecular complexity index is 601. The van der Waals surface area contributed by atoms with E-state index in [9.17, 15) is 9.59 Å². The number of benzene rings is 1. The van der Waals surface area contributed by atoms with E-state index in [-0.39, 0.29) is 36.2 Å². The van der Waals surface area contributed by atoms with Gasteiger partial charge < -0.3 is 16.0 Å². The molecule has 3 rings (SSSR count). The first-order valence-electron chi connectivity index (χ1n) is 8.95. The molecular weight excluding hydrogens is 338 g/mol. The van der Waals surface area contributed by atoms with E-state index in [1.54, 1.807) is 6.92 Å². The Morgan fingerprint density at radius 1 is 1.16 bits per heavy atom. The van der Waals surface area contributed by atoms with Crippen LogP contribution in [-0.2, 0) is 16.1 Å². The minimum atomic E-state index is 0. The van der Waals surface area contributed by atoms with Crippen LogP contribution in [0, 0.1) is 5.92 Å². The van der Waals surface area contributed by atoms with E-state index < -0.39 is 0 Å². The Morgan fingerprint density at radius 2 is 1.84 bits per heavy atom. The van der Waals surface area contributed by atoms with Crippen LogP contribution in [0.5, 0.6) is 0 Å². The summed E-state index contributed by atoms with van der Waals surface area (Å²) in [4.78, 5) is 26.0. The Kier molecular flexibility index (Phi) is 6.85. The highest BCUT2D eigenvalue weighted by Crippen LogP contribution is 2.29. The first-order valence-corrected chi connectivity index (χ1v) is 8.95. The van der Waals surface area contributed by atoms with Crippen LogP contribution in [0.3, 0.4) is 0 Å². The molecule has 2 atom stereocenters. The van der Waals surface area contributed by atoms with Gasteiger partial charge in [0.25, 0.3) is 0 Å². The van der Waals surface area contributed by atoms with Crippen molar-refractivity contribution in [3.63, 3.8) is 0 Å². The predicted molar refractivity (Wildman–Crippen MR) is 101 cm³/mol. The van der Waals surface area contributed by atoms with Crippen LogP contribution in [0.1, 0.15) is 51.0 Å². The summed E-state index contributed by atoms with van der Waals surface area (Å²) >= 11 is 0. The average Bonchev–Trinajstić information content (AvgIpc) is 3.38. The van der Waals surface area contributed by atoms with Gasteiger partial charge in [0.2, 0.25) is 11.8 Å². The first-order chi connectivity index (χ1) is 11.5. The molecule has 2 unspecified atom stereocenters. The van der Waals surface area contributed by atoms with Crippen molar-refractivity contribution in [1.29, 1.82) is 0 Å². The zero-order valence-corrected chi connectivity index (χ0v) is 15.6. The summed E-state index contributed by atoms with van der Waals surface area (Å²) in [5.41, 5.74) is 7.87. The van der Waals surface area contributed by atoms with Crippen LogP contribution in [0.2, 0.25) is 0 Å². The number of hydrogen-bond acceptors (Lipinski definition) is 3. The maximum atomic E-state index is 12.3. The average molecular weight is 366 g/mol. The third-order valence-electron chi connectivity index (χ3n) is 5.05. The Morgan fingerprint density at radius 3 is 2.40 bits per heavy atom. The van der Waals surface area contributed by atoms with Gasteiger partial charge in [-0.3, -0.25) is 9.59 Å². The number of carbonyl (C=O) groups excluding carboxylic acids is 2. The summed E-state index contributed by atoms with van der Waals surface area (Å²) in [5, 5.41) is 3.00.